The molecule has 0 saturated heterocycles. The second kappa shape index (κ2) is 4.40. The fourth-order valence-corrected chi connectivity index (χ4v) is 1.14. The molecule has 0 fully saturated rings. The minimum atomic E-state index is -0.402. The first-order valence-electron chi connectivity index (χ1n) is 4.10. The maximum atomic E-state index is 10.9. The summed E-state index contributed by atoms with van der Waals surface area (Å²) in [5, 5.41) is 0.695. The van der Waals surface area contributed by atoms with Crippen molar-refractivity contribution >= 4 is 17.4 Å². The van der Waals surface area contributed by atoms with Gasteiger partial charge >= 0.3 is 0 Å². The van der Waals surface area contributed by atoms with Gasteiger partial charge in [0.25, 0.3) is 0 Å². The molecule has 13 heavy (non-hydrogen) atoms. The zero-order chi connectivity index (χ0) is 9.84. The van der Waals surface area contributed by atoms with Crippen LogP contribution in [0.4, 0.5) is 0 Å². The van der Waals surface area contributed by atoms with E-state index in [1.165, 1.54) is 6.92 Å². The number of carbonyl (C=O) groups is 1. The van der Waals surface area contributed by atoms with Gasteiger partial charge in [-0.25, -0.2) is 0 Å². The second-order valence-corrected chi connectivity index (χ2v) is 3.48. The Morgan fingerprint density at radius 3 is 2.46 bits per heavy atom. The number of rotatable bonds is 3. The van der Waals surface area contributed by atoms with E-state index in [2.05, 4.69) is 0 Å². The Kier molecular flexibility index (Phi) is 3.46. The van der Waals surface area contributed by atoms with Crippen molar-refractivity contribution in [3.05, 3.63) is 34.9 Å². The van der Waals surface area contributed by atoms with Gasteiger partial charge < -0.3 is 5.73 Å². The summed E-state index contributed by atoms with van der Waals surface area (Å²) in [7, 11) is 0. The number of hydrogen-bond donors (Lipinski definition) is 1. The van der Waals surface area contributed by atoms with Gasteiger partial charge in [0, 0.05) is 5.02 Å². The van der Waals surface area contributed by atoms with Gasteiger partial charge in [-0.1, -0.05) is 23.7 Å². The molecule has 0 spiro atoms. The van der Waals surface area contributed by atoms with Crippen LogP contribution in [0.1, 0.15) is 12.5 Å². The van der Waals surface area contributed by atoms with E-state index in [9.17, 15) is 4.79 Å². The third-order valence-electron chi connectivity index (χ3n) is 1.89. The Labute approximate surface area is 82.7 Å². The lowest BCUT2D eigenvalue weighted by atomic mass is 10.0. The average molecular weight is 198 g/mol. The van der Waals surface area contributed by atoms with Crippen LogP contribution in [0, 0.1) is 0 Å². The highest BCUT2D eigenvalue weighted by Crippen LogP contribution is 2.10. The lowest BCUT2D eigenvalue weighted by Crippen LogP contribution is -2.30. The van der Waals surface area contributed by atoms with Crippen LogP contribution in [0.25, 0.3) is 0 Å². The van der Waals surface area contributed by atoms with E-state index in [4.69, 9.17) is 17.3 Å². The molecule has 2 nitrogen and oxygen atoms in total. The van der Waals surface area contributed by atoms with Crippen molar-refractivity contribution in [2.45, 2.75) is 19.4 Å². The summed E-state index contributed by atoms with van der Waals surface area (Å²) >= 11 is 5.71. The number of Topliss-reactive ketones (excluding diaryl/α,β-unsaturated/α-hetero) is 1. The van der Waals surface area contributed by atoms with Crippen LogP contribution in [-0.4, -0.2) is 11.8 Å². The van der Waals surface area contributed by atoms with Crippen molar-refractivity contribution in [2.75, 3.05) is 0 Å². The second-order valence-electron chi connectivity index (χ2n) is 3.05. The summed E-state index contributed by atoms with van der Waals surface area (Å²) in [4.78, 5) is 10.9. The molecule has 1 aromatic carbocycles. The Balaban J connectivity index is 2.64. The van der Waals surface area contributed by atoms with E-state index in [1.54, 1.807) is 12.1 Å². The van der Waals surface area contributed by atoms with Crippen molar-refractivity contribution < 1.29 is 4.79 Å². The molecule has 0 saturated carbocycles. The maximum absolute atomic E-state index is 10.9. The first-order valence-corrected chi connectivity index (χ1v) is 4.48. The third kappa shape index (κ3) is 3.17. The molecule has 0 aliphatic rings. The topological polar surface area (TPSA) is 43.1 Å². The normalized spacial score (nSPS) is 12.5. The van der Waals surface area contributed by atoms with Crippen LogP contribution >= 0.6 is 11.6 Å². The summed E-state index contributed by atoms with van der Waals surface area (Å²) in [6.07, 6.45) is 0.576. The number of benzene rings is 1. The highest BCUT2D eigenvalue weighted by Gasteiger charge is 2.08. The molecular formula is C10H12ClNO. The summed E-state index contributed by atoms with van der Waals surface area (Å²) < 4.78 is 0. The molecular weight excluding hydrogens is 186 g/mol. The molecule has 0 heterocycles. The van der Waals surface area contributed by atoms with Gasteiger partial charge in [-0.05, 0) is 31.0 Å². The molecule has 0 aliphatic heterocycles. The van der Waals surface area contributed by atoms with Crippen LogP contribution in [0.3, 0.4) is 0 Å². The number of nitrogens with two attached hydrogens (primary N) is 1. The molecule has 0 aliphatic carbocycles. The SMILES string of the molecule is CC(=O)[C@H](N)Cc1ccc(Cl)cc1. The molecule has 1 rings (SSSR count). The maximum Gasteiger partial charge on any atom is 0.146 e. The Hall–Kier alpha value is -0.860. The minimum Gasteiger partial charge on any atom is -0.321 e. The lowest BCUT2D eigenvalue weighted by Gasteiger charge is -2.07. The van der Waals surface area contributed by atoms with Crippen LogP contribution in [0.15, 0.2) is 24.3 Å². The van der Waals surface area contributed by atoms with Crippen molar-refractivity contribution in [3.8, 4) is 0 Å². The van der Waals surface area contributed by atoms with Crippen molar-refractivity contribution in [3.63, 3.8) is 0 Å². The Bertz CT molecular complexity index is 294. The lowest BCUT2D eigenvalue weighted by molar-refractivity contribution is -0.118. The highest BCUT2D eigenvalue weighted by molar-refractivity contribution is 6.30. The van der Waals surface area contributed by atoms with Gasteiger partial charge in [0.2, 0.25) is 0 Å². The zero-order valence-corrected chi connectivity index (χ0v) is 8.21. The molecule has 70 valence electrons. The van der Waals surface area contributed by atoms with E-state index in [-0.39, 0.29) is 5.78 Å². The molecule has 0 radical (unpaired) electrons. The molecule has 3 heteroatoms. The van der Waals surface area contributed by atoms with Crippen LogP contribution in [0.2, 0.25) is 5.02 Å². The summed E-state index contributed by atoms with van der Waals surface area (Å²) in [6, 6.07) is 6.95. The van der Waals surface area contributed by atoms with Gasteiger partial charge in [-0.15, -0.1) is 0 Å². The standard InChI is InChI=1S/C10H12ClNO/c1-7(13)10(12)6-8-2-4-9(11)5-3-8/h2-5,10H,6,12H2,1H3/t10-/m1/s1. The van der Waals surface area contributed by atoms with Crippen molar-refractivity contribution in [1.82, 2.24) is 0 Å². The molecule has 0 bridgehead atoms. The van der Waals surface area contributed by atoms with Crippen LogP contribution < -0.4 is 5.73 Å². The van der Waals surface area contributed by atoms with Crippen LogP contribution in [-0.2, 0) is 11.2 Å². The summed E-state index contributed by atoms with van der Waals surface area (Å²) in [6.45, 7) is 1.50. The number of halogens is 1. The van der Waals surface area contributed by atoms with Gasteiger partial charge in [0.05, 0.1) is 6.04 Å². The monoisotopic (exact) mass is 197 g/mol. The van der Waals surface area contributed by atoms with E-state index in [0.717, 1.165) is 5.56 Å². The van der Waals surface area contributed by atoms with Crippen molar-refractivity contribution in [2.24, 2.45) is 5.73 Å². The highest BCUT2D eigenvalue weighted by atomic mass is 35.5. The molecule has 0 amide bonds. The van der Waals surface area contributed by atoms with Crippen LogP contribution in [0.5, 0.6) is 0 Å². The summed E-state index contributed by atoms with van der Waals surface area (Å²) in [5.74, 6) is 0.00921. The van der Waals surface area contributed by atoms with E-state index >= 15 is 0 Å². The van der Waals surface area contributed by atoms with Gasteiger partial charge in [0.1, 0.15) is 5.78 Å². The fraction of sp³-hybridized carbons (Fsp3) is 0.300. The smallest absolute Gasteiger partial charge is 0.146 e. The molecule has 0 aromatic heterocycles. The van der Waals surface area contributed by atoms with E-state index in [1.807, 2.05) is 12.1 Å². The van der Waals surface area contributed by atoms with Crippen molar-refractivity contribution in [1.29, 1.82) is 0 Å². The summed E-state index contributed by atoms with van der Waals surface area (Å²) in [5.41, 5.74) is 6.64. The minimum absolute atomic E-state index is 0.00921. The zero-order valence-electron chi connectivity index (χ0n) is 7.46. The predicted molar refractivity (Wildman–Crippen MR) is 53.8 cm³/mol. The first-order chi connectivity index (χ1) is 6.09. The van der Waals surface area contributed by atoms with E-state index in [0.29, 0.717) is 11.4 Å². The molecule has 2 N–H and O–H groups in total. The predicted octanol–water partition coefficient (Wildman–Crippen LogP) is 1.80. The van der Waals surface area contributed by atoms with Gasteiger partial charge in [-0.2, -0.15) is 0 Å². The Morgan fingerprint density at radius 2 is 2.00 bits per heavy atom. The quantitative estimate of drug-likeness (QED) is 0.803. The Morgan fingerprint density at radius 1 is 1.46 bits per heavy atom. The molecule has 1 atom stereocenters. The number of hydrogen-bond acceptors (Lipinski definition) is 2. The number of ketones is 1. The third-order valence-corrected chi connectivity index (χ3v) is 2.14. The first kappa shape index (κ1) is 10.2. The average Bonchev–Trinajstić information content (AvgIpc) is 2.08. The van der Waals surface area contributed by atoms with Gasteiger partial charge in [-0.3, -0.25) is 4.79 Å². The number of carbonyl (C=O) groups excluding carboxylic acids is 1. The largest absolute Gasteiger partial charge is 0.321 e. The van der Waals surface area contributed by atoms with E-state index < -0.39 is 6.04 Å². The van der Waals surface area contributed by atoms with Gasteiger partial charge in [0.15, 0.2) is 0 Å². The molecule has 0 unspecified atom stereocenters. The fourth-order valence-electron chi connectivity index (χ4n) is 1.02. The molecule has 1 aromatic rings.